The molecule has 0 fully saturated rings. The molecule has 0 unspecified atom stereocenters. The van der Waals surface area contributed by atoms with Crippen molar-refractivity contribution in [1.29, 1.82) is 0 Å². The average molecular weight is 218 g/mol. The van der Waals surface area contributed by atoms with E-state index in [1.54, 1.807) is 0 Å². The molecule has 0 N–H and O–H groups in total. The molecule has 0 heterocycles. The highest BCUT2D eigenvalue weighted by Gasteiger charge is 2.24. The van der Waals surface area contributed by atoms with Gasteiger partial charge in [-0.15, -0.1) is 0 Å². The van der Waals surface area contributed by atoms with Gasteiger partial charge in [-0.2, -0.15) is 0 Å². The van der Waals surface area contributed by atoms with Crippen molar-refractivity contribution < 1.29 is 14.2 Å². The van der Waals surface area contributed by atoms with Gasteiger partial charge >= 0.3 is 0 Å². The van der Waals surface area contributed by atoms with Crippen molar-refractivity contribution in [2.75, 3.05) is 26.4 Å². The monoisotopic (exact) mass is 218 g/mol. The molecule has 4 heteroatoms. The Hall–Kier alpha value is -0.163. The zero-order valence-electron chi connectivity index (χ0n) is 9.76. The number of rotatable bonds is 8. The minimum Gasteiger partial charge on any atom is -0.372 e. The van der Waals surface area contributed by atoms with Gasteiger partial charge in [-0.25, -0.2) is 0 Å². The van der Waals surface area contributed by atoms with Gasteiger partial charge in [-0.1, -0.05) is 12.2 Å². The lowest BCUT2D eigenvalue weighted by Crippen LogP contribution is -2.41. The molecule has 0 saturated carbocycles. The fraction of sp³-hybridized carbons (Fsp3) is 0.800. The predicted octanol–water partition coefficient (Wildman–Crippen LogP) is 0.671. The smallest absolute Gasteiger partial charge is 0.163 e. The summed E-state index contributed by atoms with van der Waals surface area (Å²) < 4.78 is 16.5. The molecule has 84 valence electrons. The van der Waals surface area contributed by atoms with Gasteiger partial charge in [0.15, 0.2) is 5.41 Å². The van der Waals surface area contributed by atoms with Gasteiger partial charge in [-0.05, 0) is 20.8 Å². The molecular weight excluding hydrogens is 196 g/mol. The molecular formula is C10H22O3Si. The van der Waals surface area contributed by atoms with Crippen molar-refractivity contribution in [2.45, 2.75) is 26.2 Å². The van der Waals surface area contributed by atoms with Crippen molar-refractivity contribution in [1.82, 2.24) is 0 Å². The molecule has 14 heavy (non-hydrogen) atoms. The summed E-state index contributed by atoms with van der Waals surface area (Å²) in [6, 6.07) is 0. The highest BCUT2D eigenvalue weighted by Crippen LogP contribution is 2.09. The maximum atomic E-state index is 5.54. The van der Waals surface area contributed by atoms with Crippen LogP contribution in [-0.2, 0) is 14.2 Å². The summed E-state index contributed by atoms with van der Waals surface area (Å²) in [6.07, 6.45) is 0. The second kappa shape index (κ2) is 7.17. The van der Waals surface area contributed by atoms with Gasteiger partial charge in [0, 0.05) is 13.2 Å². The molecule has 0 bridgehead atoms. The maximum Gasteiger partial charge on any atom is 0.163 e. The molecule has 0 radical (unpaired) electrons. The van der Waals surface area contributed by atoms with Crippen molar-refractivity contribution in [3.05, 3.63) is 12.2 Å². The molecule has 0 aliphatic rings. The highest BCUT2D eigenvalue weighted by atomic mass is 28.1. The molecule has 3 nitrogen and oxygen atoms in total. The lowest BCUT2D eigenvalue weighted by molar-refractivity contribution is -0.200. The van der Waals surface area contributed by atoms with Crippen LogP contribution in [0.1, 0.15) is 20.8 Å². The van der Waals surface area contributed by atoms with E-state index in [2.05, 4.69) is 6.58 Å². The second-order valence-electron chi connectivity index (χ2n) is 3.45. The molecule has 0 aliphatic carbocycles. The van der Waals surface area contributed by atoms with Crippen LogP contribution < -0.4 is 0 Å². The summed E-state index contributed by atoms with van der Waals surface area (Å²) in [6.45, 7) is 12.0. The topological polar surface area (TPSA) is 27.7 Å². The summed E-state index contributed by atoms with van der Waals surface area (Å²) in [5, 5.41) is 0. The molecule has 0 aromatic carbocycles. The first-order chi connectivity index (χ1) is 6.54. The lowest BCUT2D eigenvalue weighted by Gasteiger charge is -2.29. The van der Waals surface area contributed by atoms with Crippen molar-refractivity contribution in [3.8, 4) is 0 Å². The zero-order chi connectivity index (χ0) is 11.0. The SMILES string of the molecule is C=C(C)COCC([SiH3])(OCC)OCC. The van der Waals surface area contributed by atoms with Crippen LogP contribution in [0.25, 0.3) is 0 Å². The van der Waals surface area contributed by atoms with Gasteiger partial charge in [0.05, 0.1) is 23.5 Å². The number of hydrogen-bond donors (Lipinski definition) is 0. The van der Waals surface area contributed by atoms with Crippen molar-refractivity contribution >= 4 is 10.2 Å². The van der Waals surface area contributed by atoms with Crippen LogP contribution in [0.3, 0.4) is 0 Å². The van der Waals surface area contributed by atoms with Gasteiger partial charge < -0.3 is 14.2 Å². The standard InChI is InChI=1S/C10H22O3Si/c1-5-12-10(14,13-6-2)8-11-7-9(3)4/h3,5-8H2,1-2,4,14H3. The Morgan fingerprint density at radius 2 is 1.79 bits per heavy atom. The minimum absolute atomic E-state index is 0.487. The summed E-state index contributed by atoms with van der Waals surface area (Å²) in [4.78, 5) is 0. The Labute approximate surface area is 89.8 Å². The van der Waals surface area contributed by atoms with Crippen LogP contribution >= 0.6 is 0 Å². The van der Waals surface area contributed by atoms with Gasteiger partial charge in [0.25, 0.3) is 0 Å². The van der Waals surface area contributed by atoms with E-state index in [0.29, 0.717) is 26.4 Å². The van der Waals surface area contributed by atoms with Gasteiger partial charge in [0.2, 0.25) is 0 Å². The Kier molecular flexibility index (Phi) is 7.09. The molecule has 0 aromatic heterocycles. The van der Waals surface area contributed by atoms with Gasteiger partial charge in [-0.3, -0.25) is 0 Å². The normalized spacial score (nSPS) is 11.9. The third-order valence-electron chi connectivity index (χ3n) is 1.61. The Morgan fingerprint density at radius 1 is 1.29 bits per heavy atom. The molecule has 0 amide bonds. The first-order valence-corrected chi connectivity index (χ1v) is 6.04. The van der Waals surface area contributed by atoms with Gasteiger partial charge in [0.1, 0.15) is 0 Å². The molecule has 0 atom stereocenters. The number of hydrogen-bond acceptors (Lipinski definition) is 3. The lowest BCUT2D eigenvalue weighted by atomic mass is 10.4. The van der Waals surface area contributed by atoms with E-state index in [1.165, 1.54) is 0 Å². The maximum absolute atomic E-state index is 5.54. The molecule has 0 spiro atoms. The first-order valence-electron chi connectivity index (χ1n) is 5.04. The number of ether oxygens (including phenoxy) is 3. The van der Waals surface area contributed by atoms with Crippen LogP contribution in [0, 0.1) is 0 Å². The van der Waals surface area contributed by atoms with E-state index in [0.717, 1.165) is 15.8 Å². The first kappa shape index (κ1) is 13.8. The van der Waals surface area contributed by atoms with Crippen LogP contribution in [0.15, 0.2) is 12.2 Å². The Balaban J connectivity index is 3.88. The highest BCUT2D eigenvalue weighted by molar-refractivity contribution is 6.13. The molecule has 0 rings (SSSR count). The third kappa shape index (κ3) is 6.31. The summed E-state index contributed by atoms with van der Waals surface area (Å²) in [5.74, 6) is 0. The fourth-order valence-electron chi connectivity index (χ4n) is 1.15. The predicted molar refractivity (Wildman–Crippen MR) is 61.6 cm³/mol. The fourth-order valence-corrected chi connectivity index (χ4v) is 1.93. The van der Waals surface area contributed by atoms with E-state index in [1.807, 2.05) is 20.8 Å². The zero-order valence-corrected chi connectivity index (χ0v) is 11.8. The molecule has 0 saturated heterocycles. The van der Waals surface area contributed by atoms with Crippen LogP contribution in [0.5, 0.6) is 0 Å². The largest absolute Gasteiger partial charge is 0.372 e. The summed E-state index contributed by atoms with van der Waals surface area (Å²) in [5.41, 5.74) is 0.529. The van der Waals surface area contributed by atoms with E-state index in [9.17, 15) is 0 Å². The summed E-state index contributed by atoms with van der Waals surface area (Å²) in [7, 11) is 0.799. The van der Waals surface area contributed by atoms with Crippen LogP contribution in [0.4, 0.5) is 0 Å². The van der Waals surface area contributed by atoms with Crippen molar-refractivity contribution in [3.63, 3.8) is 0 Å². The van der Waals surface area contributed by atoms with E-state index < -0.39 is 5.41 Å². The van der Waals surface area contributed by atoms with Crippen molar-refractivity contribution in [2.24, 2.45) is 0 Å². The Bertz CT molecular complexity index is 165. The quantitative estimate of drug-likeness (QED) is 0.340. The second-order valence-corrected chi connectivity index (χ2v) is 4.97. The molecule has 0 aliphatic heterocycles. The molecule has 0 aromatic rings. The summed E-state index contributed by atoms with van der Waals surface area (Å²) >= 11 is 0. The van der Waals surface area contributed by atoms with Crippen LogP contribution in [-0.4, -0.2) is 42.1 Å². The van der Waals surface area contributed by atoms with E-state index in [-0.39, 0.29) is 0 Å². The third-order valence-corrected chi connectivity index (χ3v) is 2.48. The Morgan fingerprint density at radius 3 is 2.14 bits per heavy atom. The minimum atomic E-state index is -0.487. The van der Waals surface area contributed by atoms with E-state index >= 15 is 0 Å². The average Bonchev–Trinajstić information content (AvgIpc) is 2.03. The van der Waals surface area contributed by atoms with E-state index in [4.69, 9.17) is 14.2 Å². The van der Waals surface area contributed by atoms with Crippen LogP contribution in [0.2, 0.25) is 0 Å².